The highest BCUT2D eigenvalue weighted by Crippen LogP contribution is 2.13. The molecule has 96 valence electrons. The molecule has 0 radical (unpaired) electrons. The number of hydrogen-bond donors (Lipinski definition) is 1. The van der Waals surface area contributed by atoms with E-state index in [9.17, 15) is 0 Å². The first-order valence-corrected chi connectivity index (χ1v) is 6.32. The van der Waals surface area contributed by atoms with E-state index in [0.29, 0.717) is 0 Å². The van der Waals surface area contributed by atoms with E-state index in [2.05, 4.69) is 54.8 Å². The first-order chi connectivity index (χ1) is 8.59. The van der Waals surface area contributed by atoms with E-state index in [1.54, 1.807) is 0 Å². The summed E-state index contributed by atoms with van der Waals surface area (Å²) in [7, 11) is 2.11. The van der Waals surface area contributed by atoms with Gasteiger partial charge in [0.1, 0.15) is 0 Å². The molecule has 3 heteroatoms. The largest absolute Gasteiger partial charge is 0.352 e. The van der Waals surface area contributed by atoms with Gasteiger partial charge in [-0.3, -0.25) is 4.98 Å². The predicted octanol–water partition coefficient (Wildman–Crippen LogP) is 2.64. The fourth-order valence-electron chi connectivity index (χ4n) is 2.13. The summed E-state index contributed by atoms with van der Waals surface area (Å²) in [5.41, 5.74) is 6.37. The number of nitrogens with one attached hydrogen (secondary N) is 1. The molecule has 0 aliphatic carbocycles. The molecule has 1 N–H and O–H groups in total. The Kier molecular flexibility index (Phi) is 3.82. The van der Waals surface area contributed by atoms with E-state index in [0.717, 1.165) is 18.8 Å². The zero-order chi connectivity index (χ0) is 13.1. The van der Waals surface area contributed by atoms with Gasteiger partial charge in [-0.05, 0) is 44.0 Å². The van der Waals surface area contributed by atoms with Gasteiger partial charge in [0.15, 0.2) is 0 Å². The highest BCUT2D eigenvalue weighted by molar-refractivity contribution is 5.26. The minimum Gasteiger partial charge on any atom is -0.352 e. The third-order valence-corrected chi connectivity index (χ3v) is 3.61. The van der Waals surface area contributed by atoms with Crippen LogP contribution in [0.15, 0.2) is 24.4 Å². The van der Waals surface area contributed by atoms with Gasteiger partial charge in [0.2, 0.25) is 0 Å². The molecule has 0 saturated carbocycles. The minimum atomic E-state index is 0.819. The van der Waals surface area contributed by atoms with Gasteiger partial charge in [-0.1, -0.05) is 6.07 Å². The Bertz CT molecular complexity index is 541. The Labute approximate surface area is 109 Å². The van der Waals surface area contributed by atoms with Gasteiger partial charge in [0, 0.05) is 37.7 Å². The van der Waals surface area contributed by atoms with E-state index in [-0.39, 0.29) is 0 Å². The van der Waals surface area contributed by atoms with Gasteiger partial charge in [-0.15, -0.1) is 0 Å². The van der Waals surface area contributed by atoms with Crippen LogP contribution >= 0.6 is 0 Å². The molecule has 0 saturated heterocycles. The van der Waals surface area contributed by atoms with Crippen LogP contribution in [0.3, 0.4) is 0 Å². The SMILES string of the molecule is Cc1cccnc1CNCc1cc(C)n(C)c1C. The Morgan fingerprint density at radius 1 is 1.22 bits per heavy atom. The molecule has 18 heavy (non-hydrogen) atoms. The Morgan fingerprint density at radius 3 is 2.61 bits per heavy atom. The number of rotatable bonds is 4. The van der Waals surface area contributed by atoms with Crippen molar-refractivity contribution < 1.29 is 0 Å². The molecule has 0 spiro atoms. The molecule has 0 amide bonds. The quantitative estimate of drug-likeness (QED) is 0.894. The van der Waals surface area contributed by atoms with Gasteiger partial charge in [0.05, 0.1) is 5.69 Å². The second-order valence-electron chi connectivity index (χ2n) is 4.83. The standard InChI is InChI=1S/C15H21N3/c1-11-6-5-7-17-15(11)10-16-9-14-8-12(2)18(4)13(14)3/h5-8,16H,9-10H2,1-4H3. The molecular weight excluding hydrogens is 222 g/mol. The highest BCUT2D eigenvalue weighted by Gasteiger charge is 2.05. The molecule has 2 aromatic heterocycles. The highest BCUT2D eigenvalue weighted by atomic mass is 15.0. The normalized spacial score (nSPS) is 10.9. The number of aromatic nitrogens is 2. The third kappa shape index (κ3) is 2.62. The fraction of sp³-hybridized carbons (Fsp3) is 0.400. The monoisotopic (exact) mass is 243 g/mol. The molecule has 0 atom stereocenters. The molecule has 0 aromatic carbocycles. The molecule has 0 unspecified atom stereocenters. The minimum absolute atomic E-state index is 0.819. The predicted molar refractivity (Wildman–Crippen MR) is 74.4 cm³/mol. The Balaban J connectivity index is 1.97. The lowest BCUT2D eigenvalue weighted by atomic mass is 10.2. The molecule has 0 fully saturated rings. The van der Waals surface area contributed by atoms with Gasteiger partial charge >= 0.3 is 0 Å². The van der Waals surface area contributed by atoms with Gasteiger partial charge in [0.25, 0.3) is 0 Å². The van der Waals surface area contributed by atoms with Crippen LogP contribution in [0.2, 0.25) is 0 Å². The summed E-state index contributed by atoms with van der Waals surface area (Å²) in [5.74, 6) is 0. The van der Waals surface area contributed by atoms with Gasteiger partial charge in [-0.2, -0.15) is 0 Å². The first kappa shape index (κ1) is 12.8. The average Bonchev–Trinajstić information content (AvgIpc) is 2.60. The van der Waals surface area contributed by atoms with Crippen LogP contribution in [0.5, 0.6) is 0 Å². The summed E-state index contributed by atoms with van der Waals surface area (Å²) in [6.45, 7) is 8.11. The van der Waals surface area contributed by atoms with Gasteiger partial charge < -0.3 is 9.88 Å². The Hall–Kier alpha value is -1.61. The van der Waals surface area contributed by atoms with Crippen molar-refractivity contribution in [1.82, 2.24) is 14.9 Å². The smallest absolute Gasteiger partial charge is 0.0570 e. The van der Waals surface area contributed by atoms with E-state index in [1.807, 2.05) is 12.3 Å². The van der Waals surface area contributed by atoms with Crippen LogP contribution in [0.25, 0.3) is 0 Å². The zero-order valence-corrected chi connectivity index (χ0v) is 11.6. The van der Waals surface area contributed by atoms with Crippen LogP contribution in [0, 0.1) is 20.8 Å². The Morgan fingerprint density at radius 2 is 2.00 bits per heavy atom. The molecular formula is C15H21N3. The summed E-state index contributed by atoms with van der Waals surface area (Å²) in [6, 6.07) is 6.32. The lowest BCUT2D eigenvalue weighted by Gasteiger charge is -2.07. The third-order valence-electron chi connectivity index (χ3n) is 3.61. The number of pyridine rings is 1. The van der Waals surface area contributed by atoms with Crippen LogP contribution in [-0.4, -0.2) is 9.55 Å². The van der Waals surface area contributed by atoms with Crippen molar-refractivity contribution >= 4 is 0 Å². The van der Waals surface area contributed by atoms with Crippen LogP contribution in [0.4, 0.5) is 0 Å². The summed E-state index contributed by atoms with van der Waals surface area (Å²) >= 11 is 0. The van der Waals surface area contributed by atoms with Crippen LogP contribution < -0.4 is 5.32 Å². The van der Waals surface area contributed by atoms with Gasteiger partial charge in [-0.25, -0.2) is 0 Å². The van der Waals surface area contributed by atoms with Crippen molar-refractivity contribution in [3.63, 3.8) is 0 Å². The molecule has 0 aliphatic heterocycles. The lowest BCUT2D eigenvalue weighted by molar-refractivity contribution is 0.671. The summed E-state index contributed by atoms with van der Waals surface area (Å²) in [4.78, 5) is 4.39. The first-order valence-electron chi connectivity index (χ1n) is 6.32. The second kappa shape index (κ2) is 5.36. The van der Waals surface area contributed by atoms with E-state index in [4.69, 9.17) is 0 Å². The average molecular weight is 243 g/mol. The van der Waals surface area contributed by atoms with Crippen molar-refractivity contribution in [1.29, 1.82) is 0 Å². The van der Waals surface area contributed by atoms with Crippen molar-refractivity contribution in [2.24, 2.45) is 7.05 Å². The van der Waals surface area contributed by atoms with Crippen molar-refractivity contribution in [2.75, 3.05) is 0 Å². The fourth-order valence-corrected chi connectivity index (χ4v) is 2.13. The van der Waals surface area contributed by atoms with Crippen LogP contribution in [-0.2, 0) is 20.1 Å². The maximum Gasteiger partial charge on any atom is 0.0570 e. The molecule has 0 aliphatic rings. The zero-order valence-electron chi connectivity index (χ0n) is 11.6. The summed E-state index contributed by atoms with van der Waals surface area (Å²) in [5, 5.41) is 3.46. The summed E-state index contributed by atoms with van der Waals surface area (Å²) < 4.78 is 2.23. The molecule has 0 bridgehead atoms. The number of hydrogen-bond acceptors (Lipinski definition) is 2. The molecule has 2 aromatic rings. The lowest BCUT2D eigenvalue weighted by Crippen LogP contribution is -2.15. The maximum atomic E-state index is 4.39. The summed E-state index contributed by atoms with van der Waals surface area (Å²) in [6.07, 6.45) is 1.85. The van der Waals surface area contributed by atoms with E-state index >= 15 is 0 Å². The van der Waals surface area contributed by atoms with Crippen LogP contribution in [0.1, 0.15) is 28.2 Å². The number of nitrogens with zero attached hydrogens (tertiary/aromatic N) is 2. The number of aryl methyl sites for hydroxylation is 2. The molecule has 2 rings (SSSR count). The van der Waals surface area contributed by atoms with Crippen molar-refractivity contribution in [3.05, 3.63) is 52.6 Å². The van der Waals surface area contributed by atoms with E-state index in [1.165, 1.54) is 22.5 Å². The molecule has 2 heterocycles. The topological polar surface area (TPSA) is 29.9 Å². The molecule has 3 nitrogen and oxygen atoms in total. The maximum absolute atomic E-state index is 4.39. The van der Waals surface area contributed by atoms with E-state index < -0.39 is 0 Å². The van der Waals surface area contributed by atoms with Crippen molar-refractivity contribution in [3.8, 4) is 0 Å². The van der Waals surface area contributed by atoms with Crippen molar-refractivity contribution in [2.45, 2.75) is 33.9 Å². The second-order valence-corrected chi connectivity index (χ2v) is 4.83.